The van der Waals surface area contributed by atoms with Crippen LogP contribution < -0.4 is 9.80 Å². The van der Waals surface area contributed by atoms with Crippen LogP contribution in [0.1, 0.15) is 29.8 Å². The van der Waals surface area contributed by atoms with Gasteiger partial charge in [-0.15, -0.1) is 10.2 Å². The summed E-state index contributed by atoms with van der Waals surface area (Å²) in [6, 6.07) is 8.44. The number of pyridine rings is 1. The van der Waals surface area contributed by atoms with E-state index in [0.29, 0.717) is 0 Å². The predicted octanol–water partition coefficient (Wildman–Crippen LogP) is 2.78. The number of rotatable bonds is 4. The molecule has 148 valence electrons. The van der Waals surface area contributed by atoms with Crippen LogP contribution in [0.5, 0.6) is 0 Å². The van der Waals surface area contributed by atoms with Gasteiger partial charge in [0.15, 0.2) is 11.6 Å². The van der Waals surface area contributed by atoms with Gasteiger partial charge in [-0.2, -0.15) is 0 Å². The number of piperazine rings is 1. The van der Waals surface area contributed by atoms with E-state index in [1.54, 1.807) is 0 Å². The van der Waals surface area contributed by atoms with Gasteiger partial charge in [-0.1, -0.05) is 12.2 Å². The number of nitrogens with zero attached hydrogens (tertiary/aromatic N) is 6. The summed E-state index contributed by atoms with van der Waals surface area (Å²) in [5.41, 5.74) is 3.36. The number of hydrogen-bond acceptors (Lipinski definition) is 6. The van der Waals surface area contributed by atoms with E-state index in [2.05, 4.69) is 61.1 Å². The summed E-state index contributed by atoms with van der Waals surface area (Å²) in [7, 11) is 0. The minimum absolute atomic E-state index is 0.738. The fraction of sp³-hybridized carbons (Fsp3) is 0.524. The molecule has 0 aromatic carbocycles. The molecular weight excluding hydrogens is 368 g/mol. The maximum atomic E-state index is 5.71. The normalized spacial score (nSPS) is 17.3. The molecule has 4 heterocycles. The van der Waals surface area contributed by atoms with E-state index < -0.39 is 0 Å². The molecule has 0 saturated carbocycles. The zero-order valence-corrected chi connectivity index (χ0v) is 17.6. The van der Waals surface area contributed by atoms with Crippen molar-refractivity contribution in [3.63, 3.8) is 0 Å². The first-order valence-corrected chi connectivity index (χ1v) is 10.5. The number of hydrogen-bond donors (Lipinski definition) is 0. The van der Waals surface area contributed by atoms with E-state index in [-0.39, 0.29) is 0 Å². The molecule has 2 aromatic rings. The van der Waals surface area contributed by atoms with Crippen molar-refractivity contribution >= 4 is 28.8 Å². The Morgan fingerprint density at radius 3 is 2.07 bits per heavy atom. The monoisotopic (exact) mass is 396 g/mol. The Balaban J connectivity index is 1.32. The van der Waals surface area contributed by atoms with Crippen LogP contribution in [0.25, 0.3) is 0 Å². The fourth-order valence-corrected chi connectivity index (χ4v) is 4.40. The van der Waals surface area contributed by atoms with Gasteiger partial charge in [-0.25, -0.2) is 0 Å². The highest BCUT2D eigenvalue weighted by Gasteiger charge is 2.21. The summed E-state index contributed by atoms with van der Waals surface area (Å²) < 4.78 is 0. The van der Waals surface area contributed by atoms with E-state index in [0.717, 1.165) is 73.7 Å². The van der Waals surface area contributed by atoms with Crippen LogP contribution in [-0.4, -0.2) is 64.3 Å². The summed E-state index contributed by atoms with van der Waals surface area (Å²) in [6.45, 7) is 10.00. The molecule has 0 bridgehead atoms. The van der Waals surface area contributed by atoms with Crippen LogP contribution in [0.4, 0.5) is 11.6 Å². The third-order valence-corrected chi connectivity index (χ3v) is 5.91. The number of aryl methyl sites for hydroxylation is 2. The van der Waals surface area contributed by atoms with E-state index in [1.165, 1.54) is 18.4 Å². The Bertz CT molecular complexity index is 803. The van der Waals surface area contributed by atoms with Crippen LogP contribution in [0.3, 0.4) is 0 Å². The van der Waals surface area contributed by atoms with Crippen LogP contribution in [0, 0.1) is 13.8 Å². The third kappa shape index (κ3) is 4.41. The molecule has 0 amide bonds. The molecule has 7 heteroatoms. The van der Waals surface area contributed by atoms with Crippen molar-refractivity contribution in [3.05, 3.63) is 41.2 Å². The second kappa shape index (κ2) is 8.39. The van der Waals surface area contributed by atoms with E-state index in [4.69, 9.17) is 12.2 Å². The molecule has 4 rings (SSSR count). The van der Waals surface area contributed by atoms with Crippen molar-refractivity contribution in [2.45, 2.75) is 33.1 Å². The molecule has 0 radical (unpaired) electrons. The first kappa shape index (κ1) is 19.1. The van der Waals surface area contributed by atoms with Crippen molar-refractivity contribution in [1.82, 2.24) is 20.1 Å². The molecule has 2 aliphatic rings. The van der Waals surface area contributed by atoms with E-state index in [1.807, 2.05) is 6.92 Å². The lowest BCUT2D eigenvalue weighted by atomic mass is 10.1. The van der Waals surface area contributed by atoms with Gasteiger partial charge in [0.1, 0.15) is 0 Å². The maximum Gasteiger partial charge on any atom is 0.151 e. The minimum Gasteiger partial charge on any atom is -0.362 e. The zero-order valence-electron chi connectivity index (χ0n) is 16.8. The smallest absolute Gasteiger partial charge is 0.151 e. The van der Waals surface area contributed by atoms with Crippen LogP contribution in [0.2, 0.25) is 0 Å². The Labute approximate surface area is 172 Å². The highest BCUT2D eigenvalue weighted by molar-refractivity contribution is 7.80. The lowest BCUT2D eigenvalue weighted by molar-refractivity contribution is 0.385. The number of aromatic nitrogens is 3. The molecule has 2 saturated heterocycles. The Morgan fingerprint density at radius 2 is 1.50 bits per heavy atom. The molecule has 2 aromatic heterocycles. The third-order valence-electron chi connectivity index (χ3n) is 5.51. The molecule has 0 atom stereocenters. The lowest BCUT2D eigenvalue weighted by Crippen LogP contribution is -2.49. The van der Waals surface area contributed by atoms with Gasteiger partial charge < -0.3 is 14.7 Å². The van der Waals surface area contributed by atoms with Crippen molar-refractivity contribution < 1.29 is 0 Å². The number of thiocarbonyl (C=S) groups is 1. The summed E-state index contributed by atoms with van der Waals surface area (Å²) in [6.07, 6.45) is 3.24. The molecule has 0 spiro atoms. The molecule has 28 heavy (non-hydrogen) atoms. The van der Waals surface area contributed by atoms with E-state index >= 15 is 0 Å². The standard InChI is InChI=1S/C21H28N6S/c1-16-13-17(2)22-18(14-16)15-21(28)27-11-9-26(10-12-27)20-6-5-19(23-24-20)25-7-3-4-8-25/h5-6,13-14H,3-4,7-12,15H2,1-2H3. The second-order valence-electron chi connectivity index (χ2n) is 7.77. The van der Waals surface area contributed by atoms with Crippen molar-refractivity contribution in [1.29, 1.82) is 0 Å². The molecule has 0 aliphatic carbocycles. The van der Waals surface area contributed by atoms with Crippen molar-refractivity contribution in [3.8, 4) is 0 Å². The highest BCUT2D eigenvalue weighted by Crippen LogP contribution is 2.20. The van der Waals surface area contributed by atoms with Crippen molar-refractivity contribution in [2.75, 3.05) is 49.1 Å². The quantitative estimate of drug-likeness (QED) is 0.737. The zero-order chi connectivity index (χ0) is 19.5. The average molecular weight is 397 g/mol. The predicted molar refractivity (Wildman–Crippen MR) is 117 cm³/mol. The van der Waals surface area contributed by atoms with Crippen LogP contribution in [-0.2, 0) is 6.42 Å². The largest absolute Gasteiger partial charge is 0.362 e. The molecule has 6 nitrogen and oxygen atoms in total. The van der Waals surface area contributed by atoms with Gasteiger partial charge in [0, 0.05) is 57.1 Å². The molecular formula is C21H28N6S. The Kier molecular flexibility index (Phi) is 5.71. The highest BCUT2D eigenvalue weighted by atomic mass is 32.1. The molecule has 0 N–H and O–H groups in total. The summed E-state index contributed by atoms with van der Waals surface area (Å²) in [5, 5.41) is 8.93. The van der Waals surface area contributed by atoms with Gasteiger partial charge in [-0.05, 0) is 56.5 Å². The van der Waals surface area contributed by atoms with E-state index in [9.17, 15) is 0 Å². The number of anilines is 2. The SMILES string of the molecule is Cc1cc(C)nc(CC(=S)N2CCN(c3ccc(N4CCCC4)nn3)CC2)c1. The average Bonchev–Trinajstić information content (AvgIpc) is 3.22. The molecule has 2 fully saturated rings. The minimum atomic E-state index is 0.738. The summed E-state index contributed by atoms with van der Waals surface area (Å²) in [4.78, 5) is 12.5. The topological polar surface area (TPSA) is 48.4 Å². The van der Waals surface area contributed by atoms with Gasteiger partial charge in [-0.3, -0.25) is 4.98 Å². The van der Waals surface area contributed by atoms with Gasteiger partial charge >= 0.3 is 0 Å². The molecule has 2 aliphatic heterocycles. The maximum absolute atomic E-state index is 5.71. The fourth-order valence-electron chi connectivity index (χ4n) is 4.07. The van der Waals surface area contributed by atoms with Crippen LogP contribution >= 0.6 is 12.2 Å². The van der Waals surface area contributed by atoms with Crippen LogP contribution in [0.15, 0.2) is 24.3 Å². The second-order valence-corrected chi connectivity index (χ2v) is 8.24. The summed E-state index contributed by atoms with van der Waals surface area (Å²) in [5.74, 6) is 1.96. The lowest BCUT2D eigenvalue weighted by Gasteiger charge is -2.36. The van der Waals surface area contributed by atoms with Gasteiger partial charge in [0.2, 0.25) is 0 Å². The van der Waals surface area contributed by atoms with Crippen molar-refractivity contribution in [2.24, 2.45) is 0 Å². The first-order chi connectivity index (χ1) is 13.6. The van der Waals surface area contributed by atoms with Gasteiger partial charge in [0.05, 0.1) is 4.99 Å². The Hall–Kier alpha value is -2.28. The molecule has 0 unspecified atom stereocenters. The first-order valence-electron chi connectivity index (χ1n) is 10.1. The van der Waals surface area contributed by atoms with Gasteiger partial charge in [0.25, 0.3) is 0 Å². The summed E-state index contributed by atoms with van der Waals surface area (Å²) >= 11 is 5.71. The Morgan fingerprint density at radius 1 is 0.893 bits per heavy atom.